The molecule has 0 amide bonds. The average molecular weight is 221 g/mol. The van der Waals surface area contributed by atoms with Crippen molar-refractivity contribution in [3.8, 4) is 5.75 Å². The number of carboxylic acids is 1. The van der Waals surface area contributed by atoms with E-state index in [2.05, 4.69) is 4.98 Å². The summed E-state index contributed by atoms with van der Waals surface area (Å²) in [6, 6.07) is 4.07. The third-order valence-corrected chi connectivity index (χ3v) is 2.21. The highest BCUT2D eigenvalue weighted by atomic mass is 19.1. The molecule has 5 heteroatoms. The number of carbonyl (C=O) groups is 1. The van der Waals surface area contributed by atoms with Crippen molar-refractivity contribution in [1.82, 2.24) is 4.98 Å². The van der Waals surface area contributed by atoms with Crippen LogP contribution in [0.1, 0.15) is 10.5 Å². The van der Waals surface area contributed by atoms with Gasteiger partial charge < -0.3 is 9.84 Å². The van der Waals surface area contributed by atoms with Crippen LogP contribution in [0.5, 0.6) is 5.75 Å². The largest absolute Gasteiger partial charge is 0.494 e. The first kappa shape index (κ1) is 10.4. The van der Waals surface area contributed by atoms with E-state index in [0.29, 0.717) is 10.8 Å². The maximum atomic E-state index is 13.3. The van der Waals surface area contributed by atoms with Crippen molar-refractivity contribution < 1.29 is 19.0 Å². The molecule has 0 saturated carbocycles. The molecule has 2 rings (SSSR count). The molecule has 2 aromatic rings. The lowest BCUT2D eigenvalue weighted by atomic mass is 10.1. The molecule has 0 fully saturated rings. The molecule has 0 aliphatic heterocycles. The minimum absolute atomic E-state index is 0.0787. The zero-order chi connectivity index (χ0) is 11.7. The van der Waals surface area contributed by atoms with Crippen molar-refractivity contribution in [2.45, 2.75) is 0 Å². The molecule has 82 valence electrons. The lowest BCUT2D eigenvalue weighted by Crippen LogP contribution is -1.99. The standard InChI is InChI=1S/C11H8FNO3/c1-16-10-4-6-3-9(11(14)15)13-5-7(6)2-8(10)12/h2-5H,1H3,(H,14,15). The average Bonchev–Trinajstić information content (AvgIpc) is 2.27. The number of hydrogen-bond donors (Lipinski definition) is 1. The summed E-state index contributed by atoms with van der Waals surface area (Å²) in [4.78, 5) is 14.4. The van der Waals surface area contributed by atoms with Crippen LogP contribution >= 0.6 is 0 Å². The van der Waals surface area contributed by atoms with Crippen molar-refractivity contribution in [3.63, 3.8) is 0 Å². The van der Waals surface area contributed by atoms with Gasteiger partial charge in [0, 0.05) is 11.6 Å². The second kappa shape index (κ2) is 3.77. The molecule has 0 aliphatic carbocycles. The van der Waals surface area contributed by atoms with Crippen LogP contribution in [0, 0.1) is 5.82 Å². The quantitative estimate of drug-likeness (QED) is 0.843. The number of carboxylic acid groups (broad SMARTS) is 1. The number of fused-ring (bicyclic) bond motifs is 1. The number of methoxy groups -OCH3 is 1. The number of nitrogens with zero attached hydrogens (tertiary/aromatic N) is 1. The van der Waals surface area contributed by atoms with Gasteiger partial charge in [-0.3, -0.25) is 0 Å². The van der Waals surface area contributed by atoms with Crippen molar-refractivity contribution in [2.24, 2.45) is 0 Å². The molecular formula is C11H8FNO3. The van der Waals surface area contributed by atoms with E-state index in [1.54, 1.807) is 0 Å². The smallest absolute Gasteiger partial charge is 0.354 e. The van der Waals surface area contributed by atoms with Crippen LogP contribution < -0.4 is 4.74 Å². The lowest BCUT2D eigenvalue weighted by molar-refractivity contribution is 0.0690. The highest BCUT2D eigenvalue weighted by Crippen LogP contribution is 2.24. The van der Waals surface area contributed by atoms with Gasteiger partial charge in [-0.25, -0.2) is 14.2 Å². The Kier molecular flexibility index (Phi) is 2.44. The molecule has 0 atom stereocenters. The molecule has 4 nitrogen and oxygen atoms in total. The molecule has 0 aliphatic rings. The maximum Gasteiger partial charge on any atom is 0.354 e. The van der Waals surface area contributed by atoms with Gasteiger partial charge in [-0.15, -0.1) is 0 Å². The fourth-order valence-electron chi connectivity index (χ4n) is 1.42. The van der Waals surface area contributed by atoms with E-state index < -0.39 is 11.8 Å². The molecule has 1 aromatic heterocycles. The molecule has 16 heavy (non-hydrogen) atoms. The molecule has 1 aromatic carbocycles. The SMILES string of the molecule is COc1cc2cc(C(=O)O)ncc2cc1F. The summed E-state index contributed by atoms with van der Waals surface area (Å²) < 4.78 is 18.1. The van der Waals surface area contributed by atoms with Gasteiger partial charge >= 0.3 is 5.97 Å². The molecule has 0 saturated heterocycles. The van der Waals surface area contributed by atoms with E-state index in [1.165, 1.54) is 31.5 Å². The van der Waals surface area contributed by atoms with Crippen LogP contribution in [0.2, 0.25) is 0 Å². The Morgan fingerprint density at radius 3 is 2.75 bits per heavy atom. The lowest BCUT2D eigenvalue weighted by Gasteiger charge is -2.04. The molecule has 1 heterocycles. The van der Waals surface area contributed by atoms with Crippen LogP contribution in [0.15, 0.2) is 24.4 Å². The summed E-state index contributed by atoms with van der Waals surface area (Å²) in [6.45, 7) is 0. The van der Waals surface area contributed by atoms with Crippen LogP contribution in [-0.2, 0) is 0 Å². The zero-order valence-electron chi connectivity index (χ0n) is 8.40. The van der Waals surface area contributed by atoms with E-state index in [4.69, 9.17) is 9.84 Å². The monoisotopic (exact) mass is 221 g/mol. The number of ether oxygens (including phenoxy) is 1. The van der Waals surface area contributed by atoms with Crippen LogP contribution in [0.25, 0.3) is 10.8 Å². The zero-order valence-corrected chi connectivity index (χ0v) is 8.40. The van der Waals surface area contributed by atoms with Gasteiger partial charge in [-0.1, -0.05) is 0 Å². The Bertz CT molecular complexity index is 568. The predicted octanol–water partition coefficient (Wildman–Crippen LogP) is 2.08. The third kappa shape index (κ3) is 1.67. The molecule has 1 N–H and O–H groups in total. The molecule has 0 unspecified atom stereocenters. The van der Waals surface area contributed by atoms with Gasteiger partial charge in [0.2, 0.25) is 0 Å². The summed E-state index contributed by atoms with van der Waals surface area (Å²) in [7, 11) is 1.35. The van der Waals surface area contributed by atoms with Crippen molar-refractivity contribution in [1.29, 1.82) is 0 Å². The van der Waals surface area contributed by atoms with Gasteiger partial charge in [0.15, 0.2) is 11.6 Å². The second-order valence-corrected chi connectivity index (χ2v) is 3.21. The van der Waals surface area contributed by atoms with Gasteiger partial charge in [0.05, 0.1) is 7.11 Å². The van der Waals surface area contributed by atoms with Gasteiger partial charge in [-0.2, -0.15) is 0 Å². The second-order valence-electron chi connectivity index (χ2n) is 3.21. The Morgan fingerprint density at radius 1 is 1.38 bits per heavy atom. The summed E-state index contributed by atoms with van der Waals surface area (Å²) in [6.07, 6.45) is 1.32. The van der Waals surface area contributed by atoms with E-state index in [0.717, 1.165) is 0 Å². The third-order valence-electron chi connectivity index (χ3n) is 2.21. The van der Waals surface area contributed by atoms with Crippen LogP contribution in [-0.4, -0.2) is 23.2 Å². The minimum atomic E-state index is -1.12. The molecule has 0 bridgehead atoms. The molecule has 0 spiro atoms. The van der Waals surface area contributed by atoms with E-state index in [1.807, 2.05) is 0 Å². The first-order valence-electron chi connectivity index (χ1n) is 4.48. The minimum Gasteiger partial charge on any atom is -0.494 e. The normalized spacial score (nSPS) is 10.4. The Balaban J connectivity index is 2.68. The van der Waals surface area contributed by atoms with Gasteiger partial charge in [0.1, 0.15) is 5.69 Å². The first-order valence-corrected chi connectivity index (χ1v) is 4.48. The highest BCUT2D eigenvalue weighted by molar-refractivity contribution is 5.92. The number of pyridine rings is 1. The summed E-state index contributed by atoms with van der Waals surface area (Å²) in [5, 5.41) is 9.86. The molecular weight excluding hydrogens is 213 g/mol. The molecule has 0 radical (unpaired) electrons. The Hall–Kier alpha value is -2.17. The van der Waals surface area contributed by atoms with E-state index >= 15 is 0 Å². The highest BCUT2D eigenvalue weighted by Gasteiger charge is 2.09. The van der Waals surface area contributed by atoms with Crippen LogP contribution in [0.3, 0.4) is 0 Å². The van der Waals surface area contributed by atoms with Crippen molar-refractivity contribution in [2.75, 3.05) is 7.11 Å². The fourth-order valence-corrected chi connectivity index (χ4v) is 1.42. The van der Waals surface area contributed by atoms with Gasteiger partial charge in [0.25, 0.3) is 0 Å². The Morgan fingerprint density at radius 2 is 2.12 bits per heavy atom. The number of benzene rings is 1. The number of halogens is 1. The van der Waals surface area contributed by atoms with E-state index in [9.17, 15) is 9.18 Å². The number of hydrogen-bond acceptors (Lipinski definition) is 3. The van der Waals surface area contributed by atoms with Gasteiger partial charge in [-0.05, 0) is 23.6 Å². The summed E-state index contributed by atoms with van der Waals surface area (Å²) >= 11 is 0. The Labute approximate surface area is 90.3 Å². The summed E-state index contributed by atoms with van der Waals surface area (Å²) in [5.74, 6) is -1.54. The van der Waals surface area contributed by atoms with Crippen molar-refractivity contribution >= 4 is 16.7 Å². The number of aromatic nitrogens is 1. The number of rotatable bonds is 2. The summed E-state index contributed by atoms with van der Waals surface area (Å²) in [5.41, 5.74) is -0.0823. The topological polar surface area (TPSA) is 59.4 Å². The maximum absolute atomic E-state index is 13.3. The number of aromatic carboxylic acids is 1. The predicted molar refractivity (Wildman–Crippen MR) is 55.2 cm³/mol. The fraction of sp³-hybridized carbons (Fsp3) is 0.0909. The van der Waals surface area contributed by atoms with E-state index in [-0.39, 0.29) is 11.4 Å². The first-order chi connectivity index (χ1) is 7.61. The van der Waals surface area contributed by atoms with Crippen molar-refractivity contribution in [3.05, 3.63) is 35.9 Å². The van der Waals surface area contributed by atoms with Crippen LogP contribution in [0.4, 0.5) is 4.39 Å².